The van der Waals surface area contributed by atoms with Gasteiger partial charge < -0.3 is 4.90 Å². The SMILES string of the molecule is CN(C)CC(Br)N(C)C. The van der Waals surface area contributed by atoms with E-state index in [1.54, 1.807) is 0 Å². The van der Waals surface area contributed by atoms with Gasteiger partial charge in [-0.25, -0.2) is 0 Å². The zero-order valence-corrected chi connectivity index (χ0v) is 8.14. The van der Waals surface area contributed by atoms with Crippen LogP contribution >= 0.6 is 15.9 Å². The molecule has 0 aromatic heterocycles. The Balaban J connectivity index is 3.38. The van der Waals surface area contributed by atoms with Crippen molar-refractivity contribution in [2.75, 3.05) is 34.7 Å². The van der Waals surface area contributed by atoms with Crippen LogP contribution in [0.1, 0.15) is 0 Å². The van der Waals surface area contributed by atoms with Crippen LogP contribution in [-0.4, -0.2) is 49.5 Å². The lowest BCUT2D eigenvalue weighted by Crippen LogP contribution is -2.32. The summed E-state index contributed by atoms with van der Waals surface area (Å²) in [4.78, 5) is 4.76. The lowest BCUT2D eigenvalue weighted by Gasteiger charge is -2.21. The molecule has 3 heteroatoms. The molecule has 0 radical (unpaired) electrons. The second-order valence-corrected chi connectivity index (χ2v) is 3.72. The highest BCUT2D eigenvalue weighted by molar-refractivity contribution is 9.09. The summed E-state index contributed by atoms with van der Waals surface area (Å²) >= 11 is 3.53. The van der Waals surface area contributed by atoms with Gasteiger partial charge in [0.15, 0.2) is 0 Å². The number of hydrogen-bond acceptors (Lipinski definition) is 2. The van der Waals surface area contributed by atoms with Gasteiger partial charge >= 0.3 is 0 Å². The van der Waals surface area contributed by atoms with Crippen LogP contribution in [0, 0.1) is 0 Å². The quantitative estimate of drug-likeness (QED) is 0.486. The van der Waals surface area contributed by atoms with E-state index in [1.165, 1.54) is 0 Å². The number of halogens is 1. The molecule has 0 aliphatic heterocycles. The van der Waals surface area contributed by atoms with E-state index in [-0.39, 0.29) is 0 Å². The van der Waals surface area contributed by atoms with Crippen molar-refractivity contribution in [1.29, 1.82) is 0 Å². The molecule has 0 N–H and O–H groups in total. The summed E-state index contributed by atoms with van der Waals surface area (Å²) in [6, 6.07) is 0. The van der Waals surface area contributed by atoms with E-state index < -0.39 is 0 Å². The molecule has 0 bridgehead atoms. The maximum Gasteiger partial charge on any atom is 0.0779 e. The first-order chi connectivity index (χ1) is 4.04. The average molecular weight is 195 g/mol. The summed E-state index contributed by atoms with van der Waals surface area (Å²) in [7, 11) is 8.25. The number of rotatable bonds is 3. The predicted molar refractivity (Wildman–Crippen MR) is 45.0 cm³/mol. The van der Waals surface area contributed by atoms with Crippen LogP contribution in [-0.2, 0) is 0 Å². The molecule has 0 saturated carbocycles. The molecule has 9 heavy (non-hydrogen) atoms. The Morgan fingerprint density at radius 3 is 1.78 bits per heavy atom. The Bertz CT molecular complexity index is 73.5. The van der Waals surface area contributed by atoms with Gasteiger partial charge in [-0.05, 0) is 28.2 Å². The van der Waals surface area contributed by atoms with Crippen molar-refractivity contribution in [2.45, 2.75) is 4.95 Å². The number of hydrogen-bond donors (Lipinski definition) is 0. The van der Waals surface area contributed by atoms with Crippen molar-refractivity contribution in [2.24, 2.45) is 0 Å². The van der Waals surface area contributed by atoms with Gasteiger partial charge in [0.2, 0.25) is 0 Å². The highest BCUT2D eigenvalue weighted by atomic mass is 79.9. The Morgan fingerprint density at radius 2 is 1.67 bits per heavy atom. The molecule has 0 saturated heterocycles. The van der Waals surface area contributed by atoms with Crippen molar-refractivity contribution in [3.05, 3.63) is 0 Å². The number of alkyl halides is 1. The zero-order valence-electron chi connectivity index (χ0n) is 6.56. The molecule has 0 amide bonds. The predicted octanol–water partition coefficient (Wildman–Crippen LogP) is 0.831. The molecule has 1 unspecified atom stereocenters. The zero-order chi connectivity index (χ0) is 7.44. The fourth-order valence-electron chi connectivity index (χ4n) is 0.465. The summed E-state index contributed by atoms with van der Waals surface area (Å²) in [5.41, 5.74) is 0. The van der Waals surface area contributed by atoms with Crippen LogP contribution in [0.25, 0.3) is 0 Å². The van der Waals surface area contributed by atoms with Crippen LogP contribution in [0.5, 0.6) is 0 Å². The molecule has 2 nitrogen and oxygen atoms in total. The molecule has 0 aliphatic rings. The molecule has 0 spiro atoms. The van der Waals surface area contributed by atoms with Crippen LogP contribution < -0.4 is 0 Å². The average Bonchev–Trinajstić information content (AvgIpc) is 1.63. The number of nitrogens with zero attached hydrogens (tertiary/aromatic N) is 2. The van der Waals surface area contributed by atoms with Crippen molar-refractivity contribution in [1.82, 2.24) is 9.80 Å². The van der Waals surface area contributed by atoms with E-state index >= 15 is 0 Å². The van der Waals surface area contributed by atoms with E-state index in [1.807, 2.05) is 0 Å². The highest BCUT2D eigenvalue weighted by Crippen LogP contribution is 2.02. The fraction of sp³-hybridized carbons (Fsp3) is 1.00. The Morgan fingerprint density at radius 1 is 1.22 bits per heavy atom. The maximum absolute atomic E-state index is 3.53. The van der Waals surface area contributed by atoms with Gasteiger partial charge in [0, 0.05) is 6.54 Å². The molecule has 0 fully saturated rings. The van der Waals surface area contributed by atoms with Gasteiger partial charge in [0.25, 0.3) is 0 Å². The summed E-state index contributed by atoms with van der Waals surface area (Å²) in [5, 5.41) is 0. The van der Waals surface area contributed by atoms with Crippen molar-refractivity contribution < 1.29 is 0 Å². The van der Waals surface area contributed by atoms with Gasteiger partial charge in [-0.2, -0.15) is 0 Å². The lowest BCUT2D eigenvalue weighted by atomic mass is 10.5. The summed E-state index contributed by atoms with van der Waals surface area (Å²) in [6.45, 7) is 1.05. The summed E-state index contributed by atoms with van der Waals surface area (Å²) in [6.07, 6.45) is 0. The Hall–Kier alpha value is 0.400. The van der Waals surface area contributed by atoms with Gasteiger partial charge in [0.1, 0.15) is 0 Å². The van der Waals surface area contributed by atoms with Gasteiger partial charge in [-0.15, -0.1) is 0 Å². The topological polar surface area (TPSA) is 6.48 Å². The van der Waals surface area contributed by atoms with E-state index in [9.17, 15) is 0 Å². The lowest BCUT2D eigenvalue weighted by molar-refractivity contribution is 0.301. The second-order valence-electron chi connectivity index (χ2n) is 2.66. The Kier molecular flexibility index (Phi) is 4.44. The fourth-order valence-corrected chi connectivity index (χ4v) is 1.04. The molecule has 56 valence electrons. The van der Waals surface area contributed by atoms with E-state index in [0.717, 1.165) is 6.54 Å². The monoisotopic (exact) mass is 194 g/mol. The minimum Gasteiger partial charge on any atom is -0.307 e. The van der Waals surface area contributed by atoms with Crippen molar-refractivity contribution in [3.8, 4) is 0 Å². The van der Waals surface area contributed by atoms with Gasteiger partial charge in [0.05, 0.1) is 4.95 Å². The standard InChI is InChI=1S/C6H15BrN2/c1-8(2)5-6(7)9(3)4/h6H,5H2,1-4H3. The maximum atomic E-state index is 3.53. The first-order valence-electron chi connectivity index (χ1n) is 2.99. The van der Waals surface area contributed by atoms with E-state index in [4.69, 9.17) is 0 Å². The molecule has 1 atom stereocenters. The van der Waals surface area contributed by atoms with Gasteiger partial charge in [-0.1, -0.05) is 15.9 Å². The summed E-state index contributed by atoms with van der Waals surface area (Å²) in [5.74, 6) is 0. The Labute approximate surface area is 66.0 Å². The van der Waals surface area contributed by atoms with Crippen LogP contribution in [0.4, 0.5) is 0 Å². The first kappa shape index (κ1) is 9.40. The van der Waals surface area contributed by atoms with Gasteiger partial charge in [-0.3, -0.25) is 4.90 Å². The normalized spacial score (nSPS) is 15.0. The van der Waals surface area contributed by atoms with E-state index in [0.29, 0.717) is 4.95 Å². The molecule has 0 rings (SSSR count). The third-order valence-electron chi connectivity index (χ3n) is 1.08. The smallest absolute Gasteiger partial charge is 0.0779 e. The largest absolute Gasteiger partial charge is 0.307 e. The van der Waals surface area contributed by atoms with Crippen LogP contribution in [0.3, 0.4) is 0 Å². The van der Waals surface area contributed by atoms with Crippen LogP contribution in [0.15, 0.2) is 0 Å². The third-order valence-corrected chi connectivity index (χ3v) is 2.18. The number of likely N-dealkylation sites (N-methyl/N-ethyl adjacent to an activating group) is 2. The molecular formula is C6H15BrN2. The third kappa shape index (κ3) is 4.88. The molecule has 0 aromatic carbocycles. The highest BCUT2D eigenvalue weighted by Gasteiger charge is 2.05. The van der Waals surface area contributed by atoms with E-state index in [2.05, 4.69) is 53.9 Å². The minimum absolute atomic E-state index is 0.465. The first-order valence-corrected chi connectivity index (χ1v) is 3.91. The van der Waals surface area contributed by atoms with Crippen molar-refractivity contribution in [3.63, 3.8) is 0 Å². The van der Waals surface area contributed by atoms with Crippen molar-refractivity contribution >= 4 is 15.9 Å². The van der Waals surface area contributed by atoms with Crippen LogP contribution in [0.2, 0.25) is 0 Å². The molecular weight excluding hydrogens is 180 g/mol. The molecule has 0 aromatic rings. The summed E-state index contributed by atoms with van der Waals surface area (Å²) < 4.78 is 0. The molecule has 0 aliphatic carbocycles. The molecule has 0 heterocycles. The second kappa shape index (κ2) is 4.25. The minimum atomic E-state index is 0.465.